The van der Waals surface area contributed by atoms with Crippen LogP contribution >= 0.6 is 0 Å². The molecule has 0 rings (SSSR count). The number of nitrogens with zero attached hydrogens (tertiary/aromatic N) is 2. The van der Waals surface area contributed by atoms with Crippen molar-refractivity contribution < 1.29 is 14.4 Å². The first kappa shape index (κ1) is 12.8. The van der Waals surface area contributed by atoms with Gasteiger partial charge in [-0.2, -0.15) is 0 Å². The molecule has 0 saturated heterocycles. The third-order valence-electron chi connectivity index (χ3n) is 1.29. The molecule has 0 heterocycles. The molecule has 0 saturated carbocycles. The van der Waals surface area contributed by atoms with Gasteiger partial charge in [0, 0.05) is 0 Å². The van der Waals surface area contributed by atoms with E-state index in [0.29, 0.717) is 4.86 Å². The van der Waals surface area contributed by atoms with Gasteiger partial charge in [0.05, 0.1) is 7.05 Å². The average Bonchev–Trinajstić information content (AvgIpc) is 2.00. The van der Waals surface area contributed by atoms with Crippen molar-refractivity contribution in [2.75, 3.05) is 13.6 Å². The van der Waals surface area contributed by atoms with Gasteiger partial charge in [-0.1, -0.05) is 4.86 Å². The van der Waals surface area contributed by atoms with Crippen LogP contribution in [0.3, 0.4) is 0 Å². The van der Waals surface area contributed by atoms with Crippen LogP contribution in [0.15, 0.2) is 5.11 Å². The van der Waals surface area contributed by atoms with Crippen molar-refractivity contribution in [1.82, 2.24) is 0 Å². The minimum absolute atomic E-state index is 0.189. The van der Waals surface area contributed by atoms with E-state index in [4.69, 9.17) is 10.5 Å². The quantitative estimate of drug-likeness (QED) is 0.308. The largest absolute Gasteiger partial charge is 0.600 e. The summed E-state index contributed by atoms with van der Waals surface area (Å²) >= 11 is 0. The summed E-state index contributed by atoms with van der Waals surface area (Å²) in [4.78, 5) is 11.6. The Kier molecular flexibility index (Phi) is 4.49. The van der Waals surface area contributed by atoms with E-state index in [1.165, 1.54) is 7.05 Å². The Morgan fingerprint density at radius 1 is 1.64 bits per heavy atom. The van der Waals surface area contributed by atoms with Crippen LogP contribution in [0.4, 0.5) is 0 Å². The molecule has 0 aromatic heterocycles. The number of carbonyl (C=O) groups is 1. The summed E-state index contributed by atoms with van der Waals surface area (Å²) in [5, 5.41) is 14.1. The monoisotopic (exact) mass is 203 g/mol. The van der Waals surface area contributed by atoms with E-state index in [-0.39, 0.29) is 6.54 Å². The highest BCUT2D eigenvalue weighted by atomic mass is 16.6. The van der Waals surface area contributed by atoms with Gasteiger partial charge in [0.2, 0.25) is 6.54 Å². The van der Waals surface area contributed by atoms with Gasteiger partial charge < -0.3 is 15.7 Å². The first-order valence-electron chi connectivity index (χ1n) is 4.29. The lowest BCUT2D eigenvalue weighted by Gasteiger charge is -2.21. The van der Waals surface area contributed by atoms with E-state index in [9.17, 15) is 10.0 Å². The van der Waals surface area contributed by atoms with E-state index in [1.807, 2.05) is 0 Å². The lowest BCUT2D eigenvalue weighted by Crippen LogP contribution is -2.42. The van der Waals surface area contributed by atoms with Gasteiger partial charge in [0.1, 0.15) is 5.60 Å². The van der Waals surface area contributed by atoms with Gasteiger partial charge in [-0.25, -0.2) is 0 Å². The molecule has 0 aliphatic rings. The third-order valence-corrected chi connectivity index (χ3v) is 1.29. The maximum Gasteiger partial charge on any atom is 0.330 e. The van der Waals surface area contributed by atoms with Crippen LogP contribution < -0.4 is 5.73 Å². The van der Waals surface area contributed by atoms with Crippen LogP contribution in [0.25, 0.3) is 0 Å². The van der Waals surface area contributed by atoms with E-state index in [2.05, 4.69) is 5.11 Å². The van der Waals surface area contributed by atoms with Crippen LogP contribution in [0, 0.1) is 5.21 Å². The highest BCUT2D eigenvalue weighted by molar-refractivity contribution is 5.75. The molecule has 6 nitrogen and oxygen atoms in total. The highest BCUT2D eigenvalue weighted by Crippen LogP contribution is 2.07. The van der Waals surface area contributed by atoms with Gasteiger partial charge in [-0.3, -0.25) is 4.79 Å². The minimum atomic E-state index is -0.963. The standard InChI is InChI=1S/C8H17N3O3/c1-8(2,3)14-7(12)6(9)5-11(13)10-4/h6H,5,9H2,1-4H3/t6-/m0/s1. The zero-order valence-electron chi connectivity index (χ0n) is 8.98. The van der Waals surface area contributed by atoms with Gasteiger partial charge in [0.25, 0.3) is 0 Å². The van der Waals surface area contributed by atoms with Crippen LogP contribution in [0.1, 0.15) is 20.8 Å². The molecule has 0 fully saturated rings. The number of azo groups is 1. The molecular formula is C8H17N3O3. The predicted molar refractivity (Wildman–Crippen MR) is 50.7 cm³/mol. The number of hydrogen-bond donors (Lipinski definition) is 1. The summed E-state index contributed by atoms with van der Waals surface area (Å²) < 4.78 is 4.97. The smallest absolute Gasteiger partial charge is 0.330 e. The topological polar surface area (TPSA) is 90.8 Å². The number of hydroxylamine groups is 1. The molecular weight excluding hydrogens is 186 g/mol. The first-order valence-corrected chi connectivity index (χ1v) is 4.29. The van der Waals surface area contributed by atoms with E-state index >= 15 is 0 Å². The Labute approximate surface area is 83.3 Å². The zero-order valence-corrected chi connectivity index (χ0v) is 8.98. The second-order valence-corrected chi connectivity index (χ2v) is 3.87. The number of esters is 1. The molecule has 0 unspecified atom stereocenters. The van der Waals surface area contributed by atoms with Crippen molar-refractivity contribution in [3.05, 3.63) is 5.21 Å². The van der Waals surface area contributed by atoms with Crippen LogP contribution in [-0.2, 0) is 9.53 Å². The summed E-state index contributed by atoms with van der Waals surface area (Å²) in [6.45, 7) is 5.01. The van der Waals surface area contributed by atoms with Crippen molar-refractivity contribution in [1.29, 1.82) is 0 Å². The minimum Gasteiger partial charge on any atom is -0.600 e. The number of ether oxygens (including phenoxy) is 1. The van der Waals surface area contributed by atoms with Crippen molar-refractivity contribution in [3.63, 3.8) is 0 Å². The van der Waals surface area contributed by atoms with Crippen LogP contribution in [0.5, 0.6) is 0 Å². The molecule has 0 aromatic rings. The van der Waals surface area contributed by atoms with Gasteiger partial charge in [-0.15, -0.1) is 0 Å². The molecule has 0 spiro atoms. The summed E-state index contributed by atoms with van der Waals surface area (Å²) in [5.41, 5.74) is 4.83. The maximum absolute atomic E-state index is 11.3. The Bertz CT molecular complexity index is 232. The van der Waals surface area contributed by atoms with Gasteiger partial charge >= 0.3 is 5.97 Å². The van der Waals surface area contributed by atoms with Crippen LogP contribution in [0.2, 0.25) is 0 Å². The molecule has 14 heavy (non-hydrogen) atoms. The molecule has 0 aliphatic heterocycles. The van der Waals surface area contributed by atoms with Crippen molar-refractivity contribution in [3.8, 4) is 0 Å². The average molecular weight is 203 g/mol. The lowest BCUT2D eigenvalue weighted by atomic mass is 10.2. The van der Waals surface area contributed by atoms with Crippen molar-refractivity contribution in [2.24, 2.45) is 10.8 Å². The molecule has 0 aliphatic carbocycles. The Morgan fingerprint density at radius 3 is 2.50 bits per heavy atom. The molecule has 2 N–H and O–H groups in total. The number of nitrogens with two attached hydrogens (primary N) is 1. The summed E-state index contributed by atoms with van der Waals surface area (Å²) in [5.74, 6) is -0.595. The Morgan fingerprint density at radius 2 is 2.14 bits per heavy atom. The van der Waals surface area contributed by atoms with E-state index in [0.717, 1.165) is 0 Å². The normalized spacial score (nSPS) is 15.1. The van der Waals surface area contributed by atoms with Crippen molar-refractivity contribution >= 4 is 5.97 Å². The molecule has 1 atom stereocenters. The van der Waals surface area contributed by atoms with Gasteiger partial charge in [-0.05, 0) is 25.9 Å². The second kappa shape index (κ2) is 4.90. The van der Waals surface area contributed by atoms with E-state index < -0.39 is 17.6 Å². The second-order valence-electron chi connectivity index (χ2n) is 3.87. The summed E-state index contributed by atoms with van der Waals surface area (Å²) in [6, 6.07) is -0.963. The lowest BCUT2D eigenvalue weighted by molar-refractivity contribution is -0.529. The predicted octanol–water partition coefficient (Wildman–Crippen LogP) is 0.248. The third kappa shape index (κ3) is 5.47. The summed E-state index contributed by atoms with van der Waals surface area (Å²) in [7, 11) is 1.33. The molecule has 82 valence electrons. The number of rotatable bonds is 3. The molecule has 6 heteroatoms. The molecule has 0 amide bonds. The van der Waals surface area contributed by atoms with Crippen LogP contribution in [-0.4, -0.2) is 36.1 Å². The van der Waals surface area contributed by atoms with Crippen molar-refractivity contribution in [2.45, 2.75) is 32.4 Å². The Hall–Kier alpha value is -1.17. The molecule has 0 radical (unpaired) electrons. The fourth-order valence-electron chi connectivity index (χ4n) is 0.702. The first-order chi connectivity index (χ1) is 6.26. The van der Waals surface area contributed by atoms with E-state index in [1.54, 1.807) is 20.8 Å². The Balaban J connectivity index is 4.14. The summed E-state index contributed by atoms with van der Waals surface area (Å²) in [6.07, 6.45) is 0. The van der Waals surface area contributed by atoms with Gasteiger partial charge in [0.15, 0.2) is 6.04 Å². The molecule has 0 aromatic carbocycles. The highest BCUT2D eigenvalue weighted by Gasteiger charge is 2.24. The fraction of sp³-hybridized carbons (Fsp3) is 0.875. The fourth-order valence-corrected chi connectivity index (χ4v) is 0.702. The molecule has 0 bridgehead atoms. The SMILES string of the molecule is CN=[N+]([O-])C[C@H](N)C(=O)OC(C)(C)C. The zero-order chi connectivity index (χ0) is 11.4. The maximum atomic E-state index is 11.3. The number of carbonyl (C=O) groups excluding carboxylic acids is 1. The number of hydrogen-bond acceptors (Lipinski definition) is 5.